The first-order valence-electron chi connectivity index (χ1n) is 6.84. The van der Waals surface area contributed by atoms with E-state index in [0.717, 1.165) is 24.0 Å². The maximum absolute atomic E-state index is 11.3. The zero-order valence-corrected chi connectivity index (χ0v) is 12.1. The molecule has 0 aliphatic carbocycles. The lowest BCUT2D eigenvalue weighted by atomic mass is 9.85. The molecule has 0 radical (unpaired) electrons. The fourth-order valence-corrected chi connectivity index (χ4v) is 2.43. The minimum Gasteiger partial charge on any atom is -0.310 e. The molecule has 4 heteroatoms. The third-order valence-corrected chi connectivity index (χ3v) is 3.21. The number of fused-ring (bicyclic) bond motifs is 1. The van der Waals surface area contributed by atoms with Crippen LogP contribution in [0.4, 0.5) is 0 Å². The Bertz CT molecular complexity index is 604. The fourth-order valence-electron chi connectivity index (χ4n) is 2.43. The molecule has 2 aromatic rings. The molecule has 1 unspecified atom stereocenters. The Morgan fingerprint density at radius 3 is 2.53 bits per heavy atom. The number of rotatable bonds is 4. The van der Waals surface area contributed by atoms with E-state index in [4.69, 9.17) is 0 Å². The molecular weight excluding hydrogens is 238 g/mol. The highest BCUT2D eigenvalue weighted by molar-refractivity contribution is 5.75. The molecule has 0 saturated carbocycles. The molecular formula is C15H23N3O. The first-order valence-corrected chi connectivity index (χ1v) is 6.84. The summed E-state index contributed by atoms with van der Waals surface area (Å²) in [5.41, 5.74) is 3.06. The van der Waals surface area contributed by atoms with Crippen molar-refractivity contribution in [3.05, 3.63) is 34.2 Å². The van der Waals surface area contributed by atoms with Crippen LogP contribution in [0.2, 0.25) is 0 Å². The lowest BCUT2D eigenvalue weighted by Gasteiger charge is -2.27. The summed E-state index contributed by atoms with van der Waals surface area (Å²) in [5, 5.41) is 3.52. The quantitative estimate of drug-likeness (QED) is 0.792. The van der Waals surface area contributed by atoms with Crippen molar-refractivity contribution in [3.63, 3.8) is 0 Å². The lowest BCUT2D eigenvalue weighted by molar-refractivity contribution is 0.314. The van der Waals surface area contributed by atoms with Crippen LogP contribution in [0.1, 0.15) is 45.7 Å². The normalized spacial score (nSPS) is 13.9. The fraction of sp³-hybridized carbons (Fsp3) is 0.533. The number of benzene rings is 1. The van der Waals surface area contributed by atoms with Gasteiger partial charge in [0.25, 0.3) is 0 Å². The minimum absolute atomic E-state index is 0.150. The standard InChI is InChI=1S/C15H23N3O/c1-5-16-13(9-15(2,3)4)10-6-7-11-12(8-10)18-14(19)17-11/h6-8,13,16H,5,9H2,1-4H3,(H2,17,18,19). The van der Waals surface area contributed by atoms with Gasteiger partial charge in [-0.15, -0.1) is 0 Å². The van der Waals surface area contributed by atoms with Crippen LogP contribution in [0, 0.1) is 5.41 Å². The second kappa shape index (κ2) is 5.21. The Hall–Kier alpha value is -1.55. The van der Waals surface area contributed by atoms with E-state index in [1.54, 1.807) is 0 Å². The van der Waals surface area contributed by atoms with Gasteiger partial charge in [-0.1, -0.05) is 33.8 Å². The summed E-state index contributed by atoms with van der Waals surface area (Å²) in [4.78, 5) is 16.9. The molecule has 0 amide bonds. The van der Waals surface area contributed by atoms with Gasteiger partial charge in [0.1, 0.15) is 0 Å². The summed E-state index contributed by atoms with van der Waals surface area (Å²) >= 11 is 0. The smallest absolute Gasteiger partial charge is 0.310 e. The number of hydrogen-bond acceptors (Lipinski definition) is 2. The second-order valence-electron chi connectivity index (χ2n) is 6.26. The summed E-state index contributed by atoms with van der Waals surface area (Å²) in [7, 11) is 0. The molecule has 1 aromatic carbocycles. The van der Waals surface area contributed by atoms with Crippen LogP contribution >= 0.6 is 0 Å². The Labute approximate surface area is 113 Å². The largest absolute Gasteiger partial charge is 0.323 e. The topological polar surface area (TPSA) is 60.7 Å². The third-order valence-electron chi connectivity index (χ3n) is 3.21. The number of hydrogen-bond donors (Lipinski definition) is 3. The lowest BCUT2D eigenvalue weighted by Crippen LogP contribution is -2.25. The van der Waals surface area contributed by atoms with Crippen LogP contribution in [0.15, 0.2) is 23.0 Å². The monoisotopic (exact) mass is 261 g/mol. The summed E-state index contributed by atoms with van der Waals surface area (Å²) < 4.78 is 0. The molecule has 0 bridgehead atoms. The predicted octanol–water partition coefficient (Wildman–Crippen LogP) is 2.94. The van der Waals surface area contributed by atoms with Crippen LogP contribution in [0.5, 0.6) is 0 Å². The summed E-state index contributed by atoms with van der Waals surface area (Å²) in [5.74, 6) is 0. The van der Waals surface area contributed by atoms with E-state index >= 15 is 0 Å². The van der Waals surface area contributed by atoms with Crippen molar-refractivity contribution in [2.24, 2.45) is 5.41 Å². The van der Waals surface area contributed by atoms with E-state index in [9.17, 15) is 4.79 Å². The van der Waals surface area contributed by atoms with Gasteiger partial charge in [0.2, 0.25) is 0 Å². The van der Waals surface area contributed by atoms with Crippen LogP contribution in [-0.4, -0.2) is 16.5 Å². The van der Waals surface area contributed by atoms with Crippen molar-refractivity contribution in [1.29, 1.82) is 0 Å². The number of aromatic amines is 2. The van der Waals surface area contributed by atoms with Gasteiger partial charge in [-0.25, -0.2) is 4.79 Å². The zero-order valence-electron chi connectivity index (χ0n) is 12.1. The van der Waals surface area contributed by atoms with Crippen molar-refractivity contribution < 1.29 is 0 Å². The van der Waals surface area contributed by atoms with E-state index in [-0.39, 0.29) is 11.1 Å². The molecule has 4 nitrogen and oxygen atoms in total. The second-order valence-corrected chi connectivity index (χ2v) is 6.26. The number of imidazole rings is 1. The van der Waals surface area contributed by atoms with Crippen molar-refractivity contribution >= 4 is 11.0 Å². The first kappa shape index (κ1) is 13.9. The van der Waals surface area contributed by atoms with Gasteiger partial charge in [-0.05, 0) is 36.1 Å². The molecule has 1 atom stereocenters. The van der Waals surface area contributed by atoms with Crippen LogP contribution in [0.3, 0.4) is 0 Å². The first-order chi connectivity index (χ1) is 8.89. The van der Waals surface area contributed by atoms with Gasteiger partial charge >= 0.3 is 5.69 Å². The van der Waals surface area contributed by atoms with Crippen LogP contribution < -0.4 is 11.0 Å². The predicted molar refractivity (Wildman–Crippen MR) is 79.4 cm³/mol. The Morgan fingerprint density at radius 1 is 1.21 bits per heavy atom. The van der Waals surface area contributed by atoms with E-state index in [1.807, 2.05) is 6.07 Å². The average Bonchev–Trinajstić information content (AvgIpc) is 2.65. The van der Waals surface area contributed by atoms with Gasteiger partial charge in [-0.2, -0.15) is 0 Å². The number of nitrogens with one attached hydrogen (secondary N) is 3. The van der Waals surface area contributed by atoms with Crippen molar-refractivity contribution in [2.75, 3.05) is 6.54 Å². The third kappa shape index (κ3) is 3.47. The molecule has 2 rings (SSSR count). The van der Waals surface area contributed by atoms with Crippen molar-refractivity contribution in [3.8, 4) is 0 Å². The molecule has 0 fully saturated rings. The van der Waals surface area contributed by atoms with Crippen LogP contribution in [-0.2, 0) is 0 Å². The van der Waals surface area contributed by atoms with Crippen molar-refractivity contribution in [2.45, 2.75) is 40.2 Å². The Morgan fingerprint density at radius 2 is 1.89 bits per heavy atom. The van der Waals surface area contributed by atoms with E-state index in [0.29, 0.717) is 6.04 Å². The molecule has 19 heavy (non-hydrogen) atoms. The summed E-state index contributed by atoms with van der Waals surface area (Å²) in [6, 6.07) is 6.43. The summed E-state index contributed by atoms with van der Waals surface area (Å²) in [6.45, 7) is 9.78. The van der Waals surface area contributed by atoms with Gasteiger partial charge < -0.3 is 15.3 Å². The molecule has 0 aliphatic rings. The van der Waals surface area contributed by atoms with Gasteiger partial charge in [0.05, 0.1) is 11.0 Å². The highest BCUT2D eigenvalue weighted by Crippen LogP contribution is 2.30. The highest BCUT2D eigenvalue weighted by atomic mass is 16.1. The SMILES string of the molecule is CCNC(CC(C)(C)C)c1ccc2[nH]c(=O)[nH]c2c1. The van der Waals surface area contributed by atoms with Gasteiger partial charge in [-0.3, -0.25) is 0 Å². The van der Waals surface area contributed by atoms with E-state index in [1.165, 1.54) is 5.56 Å². The minimum atomic E-state index is -0.150. The van der Waals surface area contributed by atoms with Gasteiger partial charge in [0, 0.05) is 6.04 Å². The molecule has 1 aromatic heterocycles. The Kier molecular flexibility index (Phi) is 3.80. The number of aromatic nitrogens is 2. The Balaban J connectivity index is 2.35. The number of H-pyrrole nitrogens is 2. The maximum Gasteiger partial charge on any atom is 0.323 e. The van der Waals surface area contributed by atoms with Gasteiger partial charge in [0.15, 0.2) is 0 Å². The highest BCUT2D eigenvalue weighted by Gasteiger charge is 2.19. The maximum atomic E-state index is 11.3. The molecule has 0 aliphatic heterocycles. The van der Waals surface area contributed by atoms with Crippen LogP contribution in [0.25, 0.3) is 11.0 Å². The molecule has 0 spiro atoms. The zero-order chi connectivity index (χ0) is 14.0. The average molecular weight is 261 g/mol. The van der Waals surface area contributed by atoms with E-state index in [2.05, 4.69) is 55.1 Å². The molecule has 104 valence electrons. The molecule has 3 N–H and O–H groups in total. The summed E-state index contributed by atoms with van der Waals surface area (Å²) in [6.07, 6.45) is 1.06. The molecule has 0 saturated heterocycles. The molecule has 1 heterocycles. The van der Waals surface area contributed by atoms with Crippen molar-refractivity contribution in [1.82, 2.24) is 15.3 Å². The van der Waals surface area contributed by atoms with E-state index < -0.39 is 0 Å².